The van der Waals surface area contributed by atoms with E-state index >= 15 is 0 Å². The molecule has 0 spiro atoms. The maximum atomic E-state index is 8.58. The van der Waals surface area contributed by atoms with E-state index in [1.165, 1.54) is 0 Å². The fourth-order valence-corrected chi connectivity index (χ4v) is 2.90. The Kier molecular flexibility index (Phi) is 4.99. The highest BCUT2D eigenvalue weighted by molar-refractivity contribution is 6.29. The molecule has 0 unspecified atom stereocenters. The minimum atomic E-state index is 0.250. The lowest BCUT2D eigenvalue weighted by molar-refractivity contribution is -0.106. The summed E-state index contributed by atoms with van der Waals surface area (Å²) in [5, 5.41) is 5.08. The third kappa shape index (κ3) is 3.43. The van der Waals surface area contributed by atoms with E-state index in [0.717, 1.165) is 39.4 Å². The number of carbonyl (C=O) groups excluding carboxylic acids is 1. The van der Waals surface area contributed by atoms with Crippen LogP contribution in [0.2, 0.25) is 5.15 Å². The van der Waals surface area contributed by atoms with Crippen molar-refractivity contribution in [3.63, 3.8) is 0 Å². The molecule has 0 fully saturated rings. The number of nitrogens with two attached hydrogens (primary N) is 1. The number of pyridine rings is 1. The van der Waals surface area contributed by atoms with Crippen molar-refractivity contribution in [3.05, 3.63) is 53.3 Å². The molecule has 0 radical (unpaired) electrons. The zero-order valence-electron chi connectivity index (χ0n) is 14.3. The summed E-state index contributed by atoms with van der Waals surface area (Å²) in [4.78, 5) is 20.7. The van der Waals surface area contributed by atoms with Crippen LogP contribution < -0.4 is 5.73 Å². The van der Waals surface area contributed by atoms with Gasteiger partial charge in [-0.25, -0.2) is 9.97 Å². The first-order valence-corrected chi connectivity index (χ1v) is 8.18. The topological polar surface area (TPSA) is 102 Å². The lowest BCUT2D eigenvalue weighted by atomic mass is 10.1. The Morgan fingerprint density at radius 3 is 2.69 bits per heavy atom. The van der Waals surface area contributed by atoms with Crippen molar-refractivity contribution >= 4 is 29.0 Å². The van der Waals surface area contributed by atoms with Gasteiger partial charge in [-0.15, -0.1) is 0 Å². The second kappa shape index (κ2) is 7.37. The van der Waals surface area contributed by atoms with Gasteiger partial charge < -0.3 is 10.7 Å². The van der Waals surface area contributed by atoms with E-state index in [0.29, 0.717) is 5.15 Å². The molecule has 4 aromatic rings. The third-order valence-corrected chi connectivity index (χ3v) is 4.07. The second-order valence-corrected chi connectivity index (χ2v) is 5.99. The molecular weight excluding hydrogens is 352 g/mol. The van der Waals surface area contributed by atoms with Crippen molar-refractivity contribution in [2.45, 2.75) is 6.92 Å². The van der Waals surface area contributed by atoms with Gasteiger partial charge in [-0.3, -0.25) is 9.48 Å². The molecule has 8 heteroatoms. The summed E-state index contributed by atoms with van der Waals surface area (Å²) in [6.45, 7) is 2.00. The number of aromatic nitrogens is 5. The first-order valence-electron chi connectivity index (χ1n) is 7.80. The van der Waals surface area contributed by atoms with Crippen molar-refractivity contribution in [3.8, 4) is 22.8 Å². The number of amides is 1. The van der Waals surface area contributed by atoms with Crippen LogP contribution in [-0.4, -0.2) is 31.1 Å². The molecule has 1 aromatic carbocycles. The molecule has 0 bridgehead atoms. The summed E-state index contributed by atoms with van der Waals surface area (Å²) in [6.07, 6.45) is 2.00. The van der Waals surface area contributed by atoms with E-state index in [1.54, 1.807) is 6.20 Å². The largest absolute Gasteiger partial charge is 0.372 e. The Hall–Kier alpha value is -3.19. The molecule has 7 nitrogen and oxygen atoms in total. The van der Waals surface area contributed by atoms with E-state index < -0.39 is 0 Å². The van der Waals surface area contributed by atoms with E-state index in [2.05, 4.69) is 25.8 Å². The monoisotopic (exact) mass is 368 g/mol. The number of aryl methyl sites for hydroxylation is 2. The second-order valence-electron chi connectivity index (χ2n) is 5.60. The van der Waals surface area contributed by atoms with Crippen LogP contribution >= 0.6 is 11.6 Å². The molecule has 0 aliphatic heterocycles. The minimum absolute atomic E-state index is 0.250. The summed E-state index contributed by atoms with van der Waals surface area (Å²) in [6, 6.07) is 11.8. The molecular formula is C18H17ClN6O. The Bertz CT molecular complexity index is 1040. The van der Waals surface area contributed by atoms with Crippen molar-refractivity contribution in [2.75, 3.05) is 0 Å². The molecule has 0 saturated carbocycles. The Balaban J connectivity index is 0.000000613. The Morgan fingerprint density at radius 1 is 1.27 bits per heavy atom. The van der Waals surface area contributed by atoms with Gasteiger partial charge in [0.15, 0.2) is 5.82 Å². The zero-order valence-corrected chi connectivity index (χ0v) is 15.0. The summed E-state index contributed by atoms with van der Waals surface area (Å²) in [7, 11) is 1.91. The van der Waals surface area contributed by atoms with E-state index in [-0.39, 0.29) is 6.41 Å². The third-order valence-electron chi connectivity index (χ3n) is 3.87. The molecule has 0 atom stereocenters. The highest BCUT2D eigenvalue weighted by Gasteiger charge is 2.14. The first-order chi connectivity index (χ1) is 12.5. The number of rotatable bonds is 2. The number of hydrogen-bond donors (Lipinski definition) is 2. The molecule has 1 amide bonds. The highest BCUT2D eigenvalue weighted by atomic mass is 35.5. The summed E-state index contributed by atoms with van der Waals surface area (Å²) < 4.78 is 1.82. The average molecular weight is 369 g/mol. The summed E-state index contributed by atoms with van der Waals surface area (Å²) >= 11 is 5.93. The molecule has 4 rings (SSSR count). The molecule has 26 heavy (non-hydrogen) atoms. The lowest BCUT2D eigenvalue weighted by Gasteiger charge is -2.01. The van der Waals surface area contributed by atoms with Crippen LogP contribution in [0.3, 0.4) is 0 Å². The van der Waals surface area contributed by atoms with Gasteiger partial charge in [0.2, 0.25) is 6.41 Å². The molecule has 132 valence electrons. The number of benzene rings is 1. The van der Waals surface area contributed by atoms with Crippen LogP contribution in [0.5, 0.6) is 0 Å². The number of nitrogens with zero attached hydrogens (tertiary/aromatic N) is 4. The van der Waals surface area contributed by atoms with Crippen LogP contribution in [0.4, 0.5) is 0 Å². The number of carbonyl (C=O) groups is 1. The number of fused-ring (bicyclic) bond motifs is 1. The smallest absolute Gasteiger partial charge is 0.204 e. The predicted molar refractivity (Wildman–Crippen MR) is 102 cm³/mol. The standard InChI is InChI=1S/C17H14ClN5.CH3NO/c1-10-7-16(18)19-9-11(10)14-8-15(23(2)22-14)17-20-12-5-3-4-6-13(12)21-17;2-1-3/h3-9H,1-2H3,(H,20,21);1H,(H2,2,3). The van der Waals surface area contributed by atoms with Gasteiger partial charge in [0.1, 0.15) is 10.8 Å². The number of primary amides is 1. The van der Waals surface area contributed by atoms with Crippen molar-refractivity contribution < 1.29 is 4.79 Å². The normalized spacial score (nSPS) is 10.4. The van der Waals surface area contributed by atoms with Crippen LogP contribution in [0.25, 0.3) is 33.8 Å². The predicted octanol–water partition coefficient (Wildman–Crippen LogP) is 3.09. The van der Waals surface area contributed by atoms with Crippen molar-refractivity contribution in [2.24, 2.45) is 12.8 Å². The Labute approximate surface area is 154 Å². The van der Waals surface area contributed by atoms with Crippen LogP contribution in [0, 0.1) is 6.92 Å². The molecule has 3 aromatic heterocycles. The number of nitrogens with one attached hydrogen (secondary N) is 1. The maximum absolute atomic E-state index is 8.58. The fourth-order valence-electron chi connectivity index (χ4n) is 2.68. The zero-order chi connectivity index (χ0) is 18.7. The highest BCUT2D eigenvalue weighted by Crippen LogP contribution is 2.28. The molecule has 0 aliphatic carbocycles. The molecule has 0 aliphatic rings. The van der Waals surface area contributed by atoms with Gasteiger partial charge in [-0.2, -0.15) is 5.10 Å². The fraction of sp³-hybridized carbons (Fsp3) is 0.111. The van der Waals surface area contributed by atoms with E-state index in [1.807, 2.05) is 55.1 Å². The average Bonchev–Trinajstić information content (AvgIpc) is 3.18. The maximum Gasteiger partial charge on any atom is 0.204 e. The number of hydrogen-bond acceptors (Lipinski definition) is 4. The van der Waals surface area contributed by atoms with Gasteiger partial charge in [0, 0.05) is 18.8 Å². The number of para-hydroxylation sites is 2. The van der Waals surface area contributed by atoms with Crippen molar-refractivity contribution in [1.29, 1.82) is 0 Å². The SMILES string of the molecule is Cc1cc(Cl)ncc1-c1cc(-c2nc3ccccc3[nH]2)n(C)n1.NC=O. The molecule has 0 saturated heterocycles. The lowest BCUT2D eigenvalue weighted by Crippen LogP contribution is -1.95. The number of H-pyrrole nitrogens is 1. The van der Waals surface area contributed by atoms with Gasteiger partial charge in [-0.1, -0.05) is 23.7 Å². The molecule has 3 N–H and O–H groups in total. The van der Waals surface area contributed by atoms with Gasteiger partial charge in [0.05, 0.1) is 16.7 Å². The van der Waals surface area contributed by atoms with E-state index in [9.17, 15) is 0 Å². The van der Waals surface area contributed by atoms with Crippen LogP contribution in [-0.2, 0) is 11.8 Å². The number of halogens is 1. The molecule has 3 heterocycles. The van der Waals surface area contributed by atoms with Crippen molar-refractivity contribution in [1.82, 2.24) is 24.7 Å². The minimum Gasteiger partial charge on any atom is -0.372 e. The summed E-state index contributed by atoms with van der Waals surface area (Å²) in [5.41, 5.74) is 9.89. The Morgan fingerprint density at radius 2 is 2.00 bits per heavy atom. The van der Waals surface area contributed by atoms with Gasteiger partial charge in [-0.05, 0) is 36.8 Å². The van der Waals surface area contributed by atoms with Crippen LogP contribution in [0.15, 0.2) is 42.6 Å². The quantitative estimate of drug-likeness (QED) is 0.419. The summed E-state index contributed by atoms with van der Waals surface area (Å²) in [5.74, 6) is 0.798. The van der Waals surface area contributed by atoms with Crippen LogP contribution in [0.1, 0.15) is 5.56 Å². The van der Waals surface area contributed by atoms with E-state index in [4.69, 9.17) is 16.4 Å². The first kappa shape index (κ1) is 17.6. The van der Waals surface area contributed by atoms with Gasteiger partial charge >= 0.3 is 0 Å². The number of aromatic amines is 1. The number of imidazole rings is 1. The van der Waals surface area contributed by atoms with Gasteiger partial charge in [0.25, 0.3) is 0 Å².